The topological polar surface area (TPSA) is 73.1 Å². The fourth-order valence-electron chi connectivity index (χ4n) is 3.00. The molecule has 0 saturated heterocycles. The molecule has 0 unspecified atom stereocenters. The van der Waals surface area contributed by atoms with Gasteiger partial charge in [0.1, 0.15) is 18.0 Å². The van der Waals surface area contributed by atoms with E-state index < -0.39 is 5.91 Å². The van der Waals surface area contributed by atoms with E-state index in [-0.39, 0.29) is 18.2 Å². The summed E-state index contributed by atoms with van der Waals surface area (Å²) in [7, 11) is 1.50. The summed E-state index contributed by atoms with van der Waals surface area (Å²) in [5, 5.41) is 4.83. The number of carbonyl (C=O) groups excluding carboxylic acids is 1. The van der Waals surface area contributed by atoms with Crippen LogP contribution < -0.4 is 14.9 Å². The smallest absolute Gasteiger partial charge is 0.307 e. The molecule has 1 N–H and O–H groups in total. The highest BCUT2D eigenvalue weighted by Crippen LogP contribution is 2.33. The molecule has 0 bridgehead atoms. The highest BCUT2D eigenvalue weighted by molar-refractivity contribution is 9.10. The van der Waals surface area contributed by atoms with Crippen LogP contribution in [0.4, 0.5) is 4.39 Å². The molecule has 162 valence electrons. The van der Waals surface area contributed by atoms with Crippen LogP contribution in [0, 0.1) is 5.82 Å². The number of amides is 1. The Bertz CT molecular complexity index is 1270. The quantitative estimate of drug-likeness (QED) is 0.263. The maximum atomic E-state index is 13.8. The predicted octanol–water partition coefficient (Wildman–Crippen LogP) is 5.69. The van der Waals surface area contributed by atoms with E-state index in [0.717, 1.165) is 5.39 Å². The lowest BCUT2D eigenvalue weighted by Crippen LogP contribution is -2.16. The Morgan fingerprint density at radius 2 is 1.91 bits per heavy atom. The molecule has 0 spiro atoms. The number of nitrogens with one attached hydrogen (secondary N) is 1. The van der Waals surface area contributed by atoms with Crippen molar-refractivity contribution in [3.63, 3.8) is 0 Å². The summed E-state index contributed by atoms with van der Waals surface area (Å²) in [4.78, 5) is 12.3. The lowest BCUT2D eigenvalue weighted by Gasteiger charge is -2.13. The zero-order valence-electron chi connectivity index (χ0n) is 17.0. The summed E-state index contributed by atoms with van der Waals surface area (Å²) < 4.78 is 31.1. The first-order valence-electron chi connectivity index (χ1n) is 9.61. The lowest BCUT2D eigenvalue weighted by atomic mass is 10.2. The number of halogens is 2. The van der Waals surface area contributed by atoms with Gasteiger partial charge in [-0.05, 0) is 46.3 Å². The summed E-state index contributed by atoms with van der Waals surface area (Å²) in [6.45, 7) is 0.0521. The van der Waals surface area contributed by atoms with E-state index in [4.69, 9.17) is 13.9 Å². The van der Waals surface area contributed by atoms with Gasteiger partial charge in [0.2, 0.25) is 0 Å². The number of methoxy groups -OCH3 is 1. The van der Waals surface area contributed by atoms with E-state index in [9.17, 15) is 9.18 Å². The molecular formula is C24H18BrFN2O4. The monoisotopic (exact) mass is 496 g/mol. The van der Waals surface area contributed by atoms with Crippen molar-refractivity contribution in [1.82, 2.24) is 5.43 Å². The van der Waals surface area contributed by atoms with Crippen molar-refractivity contribution in [2.75, 3.05) is 7.11 Å². The average molecular weight is 497 g/mol. The zero-order valence-corrected chi connectivity index (χ0v) is 18.6. The number of ether oxygens (including phenoxy) is 2. The van der Waals surface area contributed by atoms with Crippen LogP contribution in [0.5, 0.6) is 11.5 Å². The van der Waals surface area contributed by atoms with Gasteiger partial charge in [-0.2, -0.15) is 5.10 Å². The molecule has 0 aliphatic carbocycles. The van der Waals surface area contributed by atoms with Crippen LogP contribution in [0.1, 0.15) is 21.7 Å². The van der Waals surface area contributed by atoms with Gasteiger partial charge in [0.25, 0.3) is 0 Å². The van der Waals surface area contributed by atoms with Crippen molar-refractivity contribution >= 4 is 39.0 Å². The Balaban J connectivity index is 1.45. The van der Waals surface area contributed by atoms with Gasteiger partial charge in [0.15, 0.2) is 17.3 Å². The highest BCUT2D eigenvalue weighted by Gasteiger charge is 2.13. The van der Waals surface area contributed by atoms with E-state index in [1.54, 1.807) is 42.5 Å². The van der Waals surface area contributed by atoms with E-state index in [2.05, 4.69) is 26.5 Å². The van der Waals surface area contributed by atoms with E-state index in [1.165, 1.54) is 19.4 Å². The maximum Gasteiger partial charge on any atom is 0.307 e. The van der Waals surface area contributed by atoms with E-state index >= 15 is 0 Å². The SMILES string of the molecule is COc1cc(/C=N/NC(=O)c2cc3ccccc3o2)c(Br)cc1OCc1ccccc1F. The molecule has 0 radical (unpaired) electrons. The summed E-state index contributed by atoms with van der Waals surface area (Å²) >= 11 is 3.45. The number of hydrogen-bond donors (Lipinski definition) is 1. The molecule has 0 atom stereocenters. The highest BCUT2D eigenvalue weighted by atomic mass is 79.9. The standard InChI is InChI=1S/C24H18BrFN2O4/c1-30-21-11-17(18(25)12-22(21)31-14-16-7-2-4-8-19(16)26)13-27-28-24(29)23-10-15-6-3-5-9-20(15)32-23/h2-13H,14H2,1H3,(H,28,29)/b27-13+. The van der Waals surface area contributed by atoms with Crippen LogP contribution in [-0.2, 0) is 6.61 Å². The second-order valence-electron chi connectivity index (χ2n) is 6.75. The normalized spacial score (nSPS) is 11.1. The third-order valence-corrected chi connectivity index (χ3v) is 5.33. The maximum absolute atomic E-state index is 13.8. The third-order valence-electron chi connectivity index (χ3n) is 4.64. The number of benzene rings is 3. The lowest BCUT2D eigenvalue weighted by molar-refractivity contribution is 0.0929. The Hall–Kier alpha value is -3.65. The van der Waals surface area contributed by atoms with Gasteiger partial charge in [-0.3, -0.25) is 4.79 Å². The summed E-state index contributed by atoms with van der Waals surface area (Å²) in [5.74, 6) is 0.234. The van der Waals surface area contributed by atoms with Crippen LogP contribution in [-0.4, -0.2) is 19.2 Å². The number of carbonyl (C=O) groups is 1. The molecule has 4 aromatic rings. The Morgan fingerprint density at radius 3 is 2.69 bits per heavy atom. The molecule has 0 aliphatic rings. The summed E-state index contributed by atoms with van der Waals surface area (Å²) in [6.07, 6.45) is 1.47. The molecule has 1 heterocycles. The number of furan rings is 1. The van der Waals surface area contributed by atoms with Crippen molar-refractivity contribution in [3.8, 4) is 11.5 Å². The second-order valence-corrected chi connectivity index (χ2v) is 7.61. The molecule has 6 nitrogen and oxygen atoms in total. The molecule has 4 rings (SSSR count). The van der Waals surface area contributed by atoms with Crippen molar-refractivity contribution < 1.29 is 23.1 Å². The van der Waals surface area contributed by atoms with E-state index in [0.29, 0.717) is 32.7 Å². The molecule has 1 aromatic heterocycles. The second kappa shape index (κ2) is 9.65. The van der Waals surface area contributed by atoms with Crippen LogP contribution >= 0.6 is 15.9 Å². The van der Waals surface area contributed by atoms with Gasteiger partial charge < -0.3 is 13.9 Å². The van der Waals surface area contributed by atoms with Crippen molar-refractivity contribution in [3.05, 3.63) is 93.9 Å². The Labute approximate surface area is 191 Å². The van der Waals surface area contributed by atoms with Crippen molar-refractivity contribution in [2.45, 2.75) is 6.61 Å². The van der Waals surface area contributed by atoms with Gasteiger partial charge in [-0.25, -0.2) is 9.82 Å². The fraction of sp³-hybridized carbons (Fsp3) is 0.0833. The predicted molar refractivity (Wildman–Crippen MR) is 123 cm³/mol. The first kappa shape index (κ1) is 21.6. The van der Waals surface area contributed by atoms with Crippen LogP contribution in [0.25, 0.3) is 11.0 Å². The minimum atomic E-state index is -0.467. The number of hydrazone groups is 1. The zero-order chi connectivity index (χ0) is 22.5. The van der Waals surface area contributed by atoms with Crippen LogP contribution in [0.15, 0.2) is 80.7 Å². The summed E-state index contributed by atoms with van der Waals surface area (Å²) in [5.41, 5.74) is 4.15. The van der Waals surface area contributed by atoms with Crippen LogP contribution in [0.3, 0.4) is 0 Å². The number of nitrogens with zero attached hydrogens (tertiary/aromatic N) is 1. The molecule has 8 heteroatoms. The number of para-hydroxylation sites is 1. The molecule has 0 aliphatic heterocycles. The fourth-order valence-corrected chi connectivity index (χ4v) is 3.43. The first-order valence-corrected chi connectivity index (χ1v) is 10.4. The van der Waals surface area contributed by atoms with Crippen LogP contribution in [0.2, 0.25) is 0 Å². The van der Waals surface area contributed by atoms with E-state index in [1.807, 2.05) is 18.2 Å². The van der Waals surface area contributed by atoms with Gasteiger partial charge in [-0.15, -0.1) is 0 Å². The largest absolute Gasteiger partial charge is 0.493 e. The third kappa shape index (κ3) is 4.81. The Kier molecular flexibility index (Phi) is 6.51. The van der Waals surface area contributed by atoms with Crippen molar-refractivity contribution in [2.24, 2.45) is 5.10 Å². The minimum absolute atomic E-state index is 0.0521. The molecule has 3 aromatic carbocycles. The summed E-state index contributed by atoms with van der Waals surface area (Å²) in [6, 6.07) is 18.8. The van der Waals surface area contributed by atoms with Gasteiger partial charge in [0, 0.05) is 21.0 Å². The first-order chi connectivity index (χ1) is 15.5. The average Bonchev–Trinajstić information content (AvgIpc) is 3.24. The molecule has 1 amide bonds. The molecule has 0 fully saturated rings. The number of rotatable bonds is 7. The minimum Gasteiger partial charge on any atom is -0.493 e. The molecule has 32 heavy (non-hydrogen) atoms. The molecular weight excluding hydrogens is 479 g/mol. The van der Waals surface area contributed by atoms with Crippen molar-refractivity contribution in [1.29, 1.82) is 0 Å². The van der Waals surface area contributed by atoms with Gasteiger partial charge >= 0.3 is 5.91 Å². The van der Waals surface area contributed by atoms with Gasteiger partial charge in [0.05, 0.1) is 13.3 Å². The van der Waals surface area contributed by atoms with Gasteiger partial charge in [-0.1, -0.05) is 36.4 Å². The Morgan fingerprint density at radius 1 is 1.12 bits per heavy atom. The number of fused-ring (bicyclic) bond motifs is 1. The molecule has 0 saturated carbocycles. The number of hydrogen-bond acceptors (Lipinski definition) is 5.